The molecule has 0 spiro atoms. The first-order chi connectivity index (χ1) is 13.9. The summed E-state index contributed by atoms with van der Waals surface area (Å²) in [5.74, 6) is -2.68. The zero-order chi connectivity index (χ0) is 20.7. The van der Waals surface area contributed by atoms with Crippen molar-refractivity contribution >= 4 is 28.9 Å². The van der Waals surface area contributed by atoms with E-state index in [9.17, 15) is 28.5 Å². The molecule has 4 rings (SSSR count). The van der Waals surface area contributed by atoms with Crippen molar-refractivity contribution < 1.29 is 23.3 Å². The van der Waals surface area contributed by atoms with Gasteiger partial charge in [0, 0.05) is 36.8 Å². The van der Waals surface area contributed by atoms with Crippen molar-refractivity contribution in [2.24, 2.45) is 5.92 Å². The van der Waals surface area contributed by atoms with Gasteiger partial charge >= 0.3 is 5.69 Å². The largest absolute Gasteiger partial charge is 0.312 e. The summed E-state index contributed by atoms with van der Waals surface area (Å²) >= 11 is 0. The lowest BCUT2D eigenvalue weighted by Gasteiger charge is -2.31. The molecular weight excluding hydrogens is 384 g/mol. The molecule has 29 heavy (non-hydrogen) atoms. The van der Waals surface area contributed by atoms with E-state index in [1.165, 1.54) is 21.9 Å². The molecule has 1 fully saturated rings. The van der Waals surface area contributed by atoms with Crippen LogP contribution in [0.25, 0.3) is 0 Å². The predicted molar refractivity (Wildman–Crippen MR) is 101 cm³/mol. The lowest BCUT2D eigenvalue weighted by molar-refractivity contribution is -0.387. The standard InChI is InChI=1S/C20H17F2N3O4/c21-15-4-1-5-17-14(15)3-2-8-23(17)20(27)12-9-19(26)24(11-12)13-6-7-16(22)18(10-13)25(28)29/h1,4-7,10,12H,2-3,8-9,11H2. The average Bonchev–Trinajstić information content (AvgIpc) is 3.09. The maximum Gasteiger partial charge on any atom is 0.306 e. The van der Waals surface area contributed by atoms with Gasteiger partial charge in [-0.25, -0.2) is 4.39 Å². The Labute approximate surface area is 164 Å². The number of rotatable bonds is 3. The number of nitro benzene ring substituents is 1. The first-order valence-electron chi connectivity index (χ1n) is 9.20. The van der Waals surface area contributed by atoms with Crippen molar-refractivity contribution in [1.82, 2.24) is 0 Å². The molecule has 2 aliphatic rings. The summed E-state index contributed by atoms with van der Waals surface area (Å²) in [5.41, 5.74) is 0.445. The zero-order valence-electron chi connectivity index (χ0n) is 15.3. The molecule has 0 radical (unpaired) electrons. The molecule has 2 heterocycles. The Morgan fingerprint density at radius 1 is 1.17 bits per heavy atom. The van der Waals surface area contributed by atoms with Crippen LogP contribution in [0.2, 0.25) is 0 Å². The van der Waals surface area contributed by atoms with Gasteiger partial charge < -0.3 is 9.80 Å². The predicted octanol–water partition coefficient (Wildman–Crippen LogP) is 3.21. The first kappa shape index (κ1) is 19.0. The fraction of sp³-hybridized carbons (Fsp3) is 0.300. The van der Waals surface area contributed by atoms with Crippen LogP contribution in [0.5, 0.6) is 0 Å². The van der Waals surface area contributed by atoms with Crippen LogP contribution >= 0.6 is 0 Å². The Bertz CT molecular complexity index is 1030. The highest BCUT2D eigenvalue weighted by Crippen LogP contribution is 2.34. The second-order valence-electron chi connectivity index (χ2n) is 7.13. The highest BCUT2D eigenvalue weighted by atomic mass is 19.1. The number of carbonyl (C=O) groups is 2. The number of hydrogen-bond acceptors (Lipinski definition) is 4. The van der Waals surface area contributed by atoms with Gasteiger partial charge in [0.15, 0.2) is 0 Å². The third-order valence-electron chi connectivity index (χ3n) is 5.37. The highest BCUT2D eigenvalue weighted by molar-refractivity contribution is 6.05. The maximum atomic E-state index is 14.1. The molecule has 2 aromatic rings. The van der Waals surface area contributed by atoms with Crippen molar-refractivity contribution in [2.45, 2.75) is 19.3 Å². The van der Waals surface area contributed by atoms with E-state index < -0.39 is 22.3 Å². The number of amides is 2. The topological polar surface area (TPSA) is 83.8 Å². The van der Waals surface area contributed by atoms with Crippen molar-refractivity contribution in [1.29, 1.82) is 0 Å². The summed E-state index contributed by atoms with van der Waals surface area (Å²) < 4.78 is 27.7. The number of carbonyl (C=O) groups excluding carboxylic acids is 2. The zero-order valence-corrected chi connectivity index (χ0v) is 15.3. The first-order valence-corrected chi connectivity index (χ1v) is 9.20. The molecule has 2 amide bonds. The van der Waals surface area contributed by atoms with Gasteiger partial charge in [0.05, 0.1) is 16.5 Å². The Morgan fingerprint density at radius 3 is 2.72 bits per heavy atom. The summed E-state index contributed by atoms with van der Waals surface area (Å²) in [6.45, 7) is 0.462. The summed E-state index contributed by atoms with van der Waals surface area (Å²) in [6.07, 6.45) is 1.10. The lowest BCUT2D eigenvalue weighted by Crippen LogP contribution is -2.40. The Morgan fingerprint density at radius 2 is 1.97 bits per heavy atom. The average molecular weight is 401 g/mol. The number of benzene rings is 2. The molecule has 2 aliphatic heterocycles. The van der Waals surface area contributed by atoms with Crippen LogP contribution in [0.3, 0.4) is 0 Å². The van der Waals surface area contributed by atoms with Gasteiger partial charge in [0.2, 0.25) is 17.6 Å². The van der Waals surface area contributed by atoms with Crippen LogP contribution < -0.4 is 9.80 Å². The second kappa shape index (κ2) is 7.23. The van der Waals surface area contributed by atoms with E-state index >= 15 is 0 Å². The molecule has 0 saturated carbocycles. The molecular formula is C20H17F2N3O4. The van der Waals surface area contributed by atoms with Crippen LogP contribution in [-0.2, 0) is 16.0 Å². The van der Waals surface area contributed by atoms with E-state index in [1.807, 2.05) is 0 Å². The van der Waals surface area contributed by atoms with E-state index in [4.69, 9.17) is 0 Å². The van der Waals surface area contributed by atoms with Crippen LogP contribution in [0.15, 0.2) is 36.4 Å². The smallest absolute Gasteiger partial charge is 0.306 e. The number of fused-ring (bicyclic) bond motifs is 1. The maximum absolute atomic E-state index is 14.1. The summed E-state index contributed by atoms with van der Waals surface area (Å²) in [7, 11) is 0. The molecule has 9 heteroatoms. The molecule has 0 aromatic heterocycles. The number of nitro groups is 1. The third kappa shape index (κ3) is 3.32. The van der Waals surface area contributed by atoms with Crippen LogP contribution in [0.1, 0.15) is 18.4 Å². The van der Waals surface area contributed by atoms with Gasteiger partial charge in [-0.1, -0.05) is 6.07 Å². The van der Waals surface area contributed by atoms with Crippen molar-refractivity contribution in [2.75, 3.05) is 22.9 Å². The fourth-order valence-corrected chi connectivity index (χ4v) is 3.96. The van der Waals surface area contributed by atoms with E-state index in [0.29, 0.717) is 30.6 Å². The fourth-order valence-electron chi connectivity index (χ4n) is 3.96. The molecule has 1 saturated heterocycles. The highest BCUT2D eigenvalue weighted by Gasteiger charge is 2.39. The van der Waals surface area contributed by atoms with E-state index in [2.05, 4.69) is 0 Å². The van der Waals surface area contributed by atoms with E-state index in [0.717, 1.165) is 12.1 Å². The summed E-state index contributed by atoms with van der Waals surface area (Å²) in [5, 5.41) is 11.0. The van der Waals surface area contributed by atoms with Crippen LogP contribution in [0, 0.1) is 27.7 Å². The van der Waals surface area contributed by atoms with Gasteiger partial charge in [0.25, 0.3) is 0 Å². The summed E-state index contributed by atoms with van der Waals surface area (Å²) in [6, 6.07) is 7.79. The molecule has 7 nitrogen and oxygen atoms in total. The van der Waals surface area contributed by atoms with Gasteiger partial charge in [-0.3, -0.25) is 19.7 Å². The minimum atomic E-state index is -0.995. The quantitative estimate of drug-likeness (QED) is 0.584. The number of hydrogen-bond donors (Lipinski definition) is 0. The molecule has 0 bridgehead atoms. The van der Waals surface area contributed by atoms with Crippen LogP contribution in [-0.4, -0.2) is 29.8 Å². The minimum Gasteiger partial charge on any atom is -0.312 e. The minimum absolute atomic E-state index is 0.0294. The number of nitrogens with zero attached hydrogens (tertiary/aromatic N) is 3. The third-order valence-corrected chi connectivity index (χ3v) is 5.37. The van der Waals surface area contributed by atoms with Crippen molar-refractivity contribution in [3.05, 3.63) is 63.7 Å². The lowest BCUT2D eigenvalue weighted by atomic mass is 9.98. The van der Waals surface area contributed by atoms with Crippen molar-refractivity contribution in [3.8, 4) is 0 Å². The summed E-state index contributed by atoms with van der Waals surface area (Å²) in [4.78, 5) is 38.4. The number of halogens is 2. The monoisotopic (exact) mass is 401 g/mol. The molecule has 1 unspecified atom stereocenters. The van der Waals surface area contributed by atoms with Gasteiger partial charge in [-0.15, -0.1) is 0 Å². The molecule has 0 aliphatic carbocycles. The number of anilines is 2. The second-order valence-corrected chi connectivity index (χ2v) is 7.13. The van der Waals surface area contributed by atoms with Gasteiger partial charge in [0.1, 0.15) is 5.82 Å². The Hall–Kier alpha value is -3.36. The van der Waals surface area contributed by atoms with E-state index in [1.54, 1.807) is 12.1 Å². The van der Waals surface area contributed by atoms with Gasteiger partial charge in [-0.2, -0.15) is 4.39 Å². The Kier molecular flexibility index (Phi) is 4.73. The molecule has 1 atom stereocenters. The molecule has 0 N–H and O–H groups in total. The van der Waals surface area contributed by atoms with Crippen molar-refractivity contribution in [3.63, 3.8) is 0 Å². The Balaban J connectivity index is 1.58. The molecule has 2 aromatic carbocycles. The van der Waals surface area contributed by atoms with E-state index in [-0.39, 0.29) is 36.3 Å². The normalized spacial score (nSPS) is 18.7. The van der Waals surface area contributed by atoms with Crippen LogP contribution in [0.4, 0.5) is 25.8 Å². The SMILES string of the molecule is O=C1CC(C(=O)N2CCCc3c(F)cccc32)CN1c1ccc(F)c([N+](=O)[O-])c1. The van der Waals surface area contributed by atoms with Gasteiger partial charge in [-0.05, 0) is 37.1 Å². The molecule has 150 valence electrons.